The van der Waals surface area contributed by atoms with Gasteiger partial charge in [-0.15, -0.1) is 0 Å². The number of hydrogen-bond donors (Lipinski definition) is 2. The van der Waals surface area contributed by atoms with Crippen molar-refractivity contribution in [3.8, 4) is 11.5 Å². The number of methoxy groups -OCH3 is 2. The first kappa shape index (κ1) is 20.5. The molecule has 144 valence electrons. The summed E-state index contributed by atoms with van der Waals surface area (Å²) in [7, 11) is 5.18. The lowest BCUT2D eigenvalue weighted by atomic mass is 10.1. The van der Waals surface area contributed by atoms with E-state index < -0.39 is 0 Å². The molecular formula is C21H27N2O4+. The minimum atomic E-state index is -0.259. The van der Waals surface area contributed by atoms with Crippen molar-refractivity contribution in [2.75, 3.05) is 26.6 Å². The summed E-state index contributed by atoms with van der Waals surface area (Å²) in [5.74, 6) is 1.27. The van der Waals surface area contributed by atoms with Crippen LogP contribution in [-0.2, 0) is 11.3 Å². The molecule has 2 rings (SSSR count). The molecule has 0 saturated carbocycles. The molecule has 0 aromatic heterocycles. The Morgan fingerprint density at radius 1 is 1.04 bits per heavy atom. The quantitative estimate of drug-likeness (QED) is 0.696. The van der Waals surface area contributed by atoms with Gasteiger partial charge in [0.1, 0.15) is 6.54 Å². The van der Waals surface area contributed by atoms with Crippen LogP contribution in [0.4, 0.5) is 5.69 Å². The third-order valence-electron chi connectivity index (χ3n) is 4.62. The Kier molecular flexibility index (Phi) is 6.96. The normalized spacial score (nSPS) is 12.8. The van der Waals surface area contributed by atoms with Crippen molar-refractivity contribution in [2.45, 2.75) is 26.4 Å². The lowest BCUT2D eigenvalue weighted by Crippen LogP contribution is -3.12. The zero-order valence-corrected chi connectivity index (χ0v) is 16.5. The summed E-state index contributed by atoms with van der Waals surface area (Å²) in [6, 6.07) is 12.4. The van der Waals surface area contributed by atoms with Crippen LogP contribution in [0.2, 0.25) is 0 Å². The van der Waals surface area contributed by atoms with Gasteiger partial charge in [-0.05, 0) is 56.3 Å². The van der Waals surface area contributed by atoms with E-state index in [0.29, 0.717) is 29.3 Å². The molecule has 0 heterocycles. The van der Waals surface area contributed by atoms with Crippen LogP contribution in [0.25, 0.3) is 0 Å². The Labute approximate surface area is 160 Å². The highest BCUT2D eigenvalue weighted by Crippen LogP contribution is 2.27. The number of nitrogens with one attached hydrogen (secondary N) is 2. The van der Waals surface area contributed by atoms with Crippen molar-refractivity contribution in [1.29, 1.82) is 0 Å². The molecule has 1 unspecified atom stereocenters. The van der Waals surface area contributed by atoms with Gasteiger partial charge in [0.2, 0.25) is 0 Å². The molecule has 1 amide bonds. The van der Waals surface area contributed by atoms with E-state index >= 15 is 0 Å². The predicted molar refractivity (Wildman–Crippen MR) is 105 cm³/mol. The summed E-state index contributed by atoms with van der Waals surface area (Å²) < 4.78 is 10.6. The molecular weight excluding hydrogens is 344 g/mol. The predicted octanol–water partition coefficient (Wildman–Crippen LogP) is 1.95. The molecule has 0 radical (unpaired) electrons. The highest BCUT2D eigenvalue weighted by Gasteiger charge is 2.22. The van der Waals surface area contributed by atoms with Gasteiger partial charge in [-0.2, -0.15) is 0 Å². The number of Topliss-reactive ketones (excluding diaryl/α,β-unsaturated/α-hetero) is 1. The van der Waals surface area contributed by atoms with Gasteiger partial charge < -0.3 is 19.7 Å². The fraction of sp³-hybridized carbons (Fsp3) is 0.333. The number of amides is 1. The number of benzene rings is 2. The fourth-order valence-corrected chi connectivity index (χ4v) is 2.73. The fourth-order valence-electron chi connectivity index (χ4n) is 2.73. The highest BCUT2D eigenvalue weighted by molar-refractivity contribution is 5.96. The summed E-state index contributed by atoms with van der Waals surface area (Å²) in [5.41, 5.74) is 2.35. The van der Waals surface area contributed by atoms with Gasteiger partial charge in [0, 0.05) is 16.8 Å². The number of ketones is 1. The largest absolute Gasteiger partial charge is 0.493 e. The van der Waals surface area contributed by atoms with Crippen molar-refractivity contribution >= 4 is 17.4 Å². The van der Waals surface area contributed by atoms with Crippen LogP contribution in [0.15, 0.2) is 42.5 Å². The average molecular weight is 371 g/mol. The zero-order valence-electron chi connectivity index (χ0n) is 16.5. The van der Waals surface area contributed by atoms with Crippen molar-refractivity contribution in [3.63, 3.8) is 0 Å². The second kappa shape index (κ2) is 9.19. The van der Waals surface area contributed by atoms with Gasteiger partial charge in [-0.3, -0.25) is 9.59 Å². The number of carbonyl (C=O) groups excluding carboxylic acids is 2. The van der Waals surface area contributed by atoms with Gasteiger partial charge in [-0.1, -0.05) is 0 Å². The number of likely N-dealkylation sites (N-methyl/N-ethyl adjacent to an activating group) is 1. The van der Waals surface area contributed by atoms with Crippen LogP contribution in [0.5, 0.6) is 11.5 Å². The van der Waals surface area contributed by atoms with Gasteiger partial charge >= 0.3 is 0 Å². The second-order valence-corrected chi connectivity index (χ2v) is 6.56. The first-order valence-electron chi connectivity index (χ1n) is 8.80. The van der Waals surface area contributed by atoms with E-state index in [-0.39, 0.29) is 17.7 Å². The Hall–Kier alpha value is -2.86. The Morgan fingerprint density at radius 3 is 2.22 bits per heavy atom. The maximum absolute atomic E-state index is 12.5. The number of carbonyl (C=O) groups is 2. The molecule has 2 atom stereocenters. The smallest absolute Gasteiger partial charge is 0.282 e. The first-order chi connectivity index (χ1) is 12.8. The van der Waals surface area contributed by atoms with E-state index in [1.165, 1.54) is 6.92 Å². The van der Waals surface area contributed by atoms with Crippen molar-refractivity contribution < 1.29 is 24.0 Å². The summed E-state index contributed by atoms with van der Waals surface area (Å²) in [4.78, 5) is 24.9. The van der Waals surface area contributed by atoms with E-state index in [2.05, 4.69) is 5.32 Å². The molecule has 0 aliphatic carbocycles. The van der Waals surface area contributed by atoms with E-state index in [0.717, 1.165) is 10.5 Å². The summed E-state index contributed by atoms with van der Waals surface area (Å²) in [5, 5.41) is 2.90. The highest BCUT2D eigenvalue weighted by atomic mass is 16.5. The lowest BCUT2D eigenvalue weighted by Gasteiger charge is -2.21. The van der Waals surface area contributed by atoms with E-state index in [4.69, 9.17) is 9.47 Å². The van der Waals surface area contributed by atoms with Gasteiger partial charge in [0.15, 0.2) is 23.3 Å². The molecule has 2 aromatic rings. The Bertz CT molecular complexity index is 802. The van der Waals surface area contributed by atoms with Crippen LogP contribution in [0.1, 0.15) is 29.8 Å². The van der Waals surface area contributed by atoms with E-state index in [1.54, 1.807) is 38.5 Å². The average Bonchev–Trinajstić information content (AvgIpc) is 2.67. The van der Waals surface area contributed by atoms with Crippen LogP contribution >= 0.6 is 0 Å². The molecule has 0 spiro atoms. The van der Waals surface area contributed by atoms with Crippen molar-refractivity contribution in [2.24, 2.45) is 0 Å². The van der Waals surface area contributed by atoms with Crippen LogP contribution in [-0.4, -0.2) is 39.0 Å². The summed E-state index contributed by atoms with van der Waals surface area (Å²) in [6.45, 7) is 4.07. The van der Waals surface area contributed by atoms with Gasteiger partial charge in [0.25, 0.3) is 5.91 Å². The monoisotopic (exact) mass is 371 g/mol. The number of anilines is 1. The third-order valence-corrected chi connectivity index (χ3v) is 4.62. The number of rotatable bonds is 8. The topological polar surface area (TPSA) is 69.1 Å². The molecule has 6 nitrogen and oxygen atoms in total. The zero-order chi connectivity index (χ0) is 20.0. The molecule has 27 heavy (non-hydrogen) atoms. The molecule has 6 heteroatoms. The van der Waals surface area contributed by atoms with E-state index in [9.17, 15) is 9.59 Å². The molecule has 0 aliphatic heterocycles. The standard InChI is InChI=1S/C21H26N2O4/c1-14(21(25)22-18-9-7-17(8-10-18)15(2)24)23(3)13-16-6-11-19(26-4)20(12-16)27-5/h6-12,14H,13H2,1-5H3,(H,22,25)/p+1/t14-/m1/s1. The number of hydrogen-bond acceptors (Lipinski definition) is 4. The molecule has 2 aromatic carbocycles. The minimum absolute atomic E-state index is 0.000317. The summed E-state index contributed by atoms with van der Waals surface area (Å²) in [6.07, 6.45) is 0. The van der Waals surface area contributed by atoms with Crippen molar-refractivity contribution in [3.05, 3.63) is 53.6 Å². The molecule has 0 aliphatic rings. The third kappa shape index (κ3) is 5.31. The SMILES string of the molecule is COc1ccc(C[NH+](C)[C@H](C)C(=O)Nc2ccc(C(C)=O)cc2)cc1OC. The lowest BCUT2D eigenvalue weighted by molar-refractivity contribution is -0.907. The van der Waals surface area contributed by atoms with Crippen LogP contribution < -0.4 is 19.7 Å². The number of ether oxygens (including phenoxy) is 2. The van der Waals surface area contributed by atoms with Crippen LogP contribution in [0, 0.1) is 0 Å². The van der Waals surface area contributed by atoms with Gasteiger partial charge in [-0.25, -0.2) is 0 Å². The van der Waals surface area contributed by atoms with E-state index in [1.807, 2.05) is 32.2 Å². The maximum atomic E-state index is 12.5. The molecule has 0 bridgehead atoms. The first-order valence-corrected chi connectivity index (χ1v) is 8.80. The second-order valence-electron chi connectivity index (χ2n) is 6.56. The Morgan fingerprint density at radius 2 is 1.67 bits per heavy atom. The number of quaternary nitrogens is 1. The molecule has 0 fully saturated rings. The van der Waals surface area contributed by atoms with Gasteiger partial charge in [0.05, 0.1) is 21.3 Å². The molecule has 0 saturated heterocycles. The van der Waals surface area contributed by atoms with Crippen molar-refractivity contribution in [1.82, 2.24) is 0 Å². The molecule has 2 N–H and O–H groups in total. The maximum Gasteiger partial charge on any atom is 0.282 e. The van der Waals surface area contributed by atoms with Crippen LogP contribution in [0.3, 0.4) is 0 Å². The summed E-state index contributed by atoms with van der Waals surface area (Å²) >= 11 is 0. The Balaban J connectivity index is 2.00. The minimum Gasteiger partial charge on any atom is -0.493 e.